The SMILES string of the molecule is O=C(CNc1ccc(Br)cc1Br)N1CCCCCC1. The lowest BCUT2D eigenvalue weighted by Gasteiger charge is -2.21. The fraction of sp³-hybridized carbons (Fsp3) is 0.500. The van der Waals surface area contributed by atoms with E-state index in [4.69, 9.17) is 0 Å². The lowest BCUT2D eigenvalue weighted by molar-refractivity contribution is -0.129. The average molecular weight is 390 g/mol. The van der Waals surface area contributed by atoms with E-state index >= 15 is 0 Å². The summed E-state index contributed by atoms with van der Waals surface area (Å²) in [4.78, 5) is 14.1. The molecule has 1 amide bonds. The maximum Gasteiger partial charge on any atom is 0.241 e. The molecule has 0 aliphatic carbocycles. The summed E-state index contributed by atoms with van der Waals surface area (Å²) in [6.45, 7) is 2.17. The lowest BCUT2D eigenvalue weighted by atomic mass is 10.2. The maximum atomic E-state index is 12.1. The van der Waals surface area contributed by atoms with Gasteiger partial charge in [-0.3, -0.25) is 4.79 Å². The Bertz CT molecular complexity index is 443. The molecule has 1 N–H and O–H groups in total. The predicted octanol–water partition coefficient (Wildman–Crippen LogP) is 4.03. The van der Waals surface area contributed by atoms with Gasteiger partial charge < -0.3 is 10.2 Å². The maximum absolute atomic E-state index is 12.1. The Kier molecular flexibility index (Phi) is 5.70. The van der Waals surface area contributed by atoms with Gasteiger partial charge in [-0.15, -0.1) is 0 Å². The molecule has 1 aromatic carbocycles. The van der Waals surface area contributed by atoms with Gasteiger partial charge in [-0.25, -0.2) is 0 Å². The van der Waals surface area contributed by atoms with Crippen molar-refractivity contribution >= 4 is 43.5 Å². The number of hydrogen-bond acceptors (Lipinski definition) is 2. The Balaban J connectivity index is 1.88. The van der Waals surface area contributed by atoms with Crippen LogP contribution in [0.4, 0.5) is 5.69 Å². The van der Waals surface area contributed by atoms with Crippen molar-refractivity contribution in [1.82, 2.24) is 4.90 Å². The van der Waals surface area contributed by atoms with Crippen molar-refractivity contribution in [3.8, 4) is 0 Å². The van der Waals surface area contributed by atoms with Crippen LogP contribution < -0.4 is 5.32 Å². The second-order valence-corrected chi connectivity index (χ2v) is 6.54. The summed E-state index contributed by atoms with van der Waals surface area (Å²) in [5, 5.41) is 3.20. The minimum atomic E-state index is 0.191. The van der Waals surface area contributed by atoms with E-state index in [1.807, 2.05) is 23.1 Å². The number of benzene rings is 1. The number of amides is 1. The van der Waals surface area contributed by atoms with Crippen molar-refractivity contribution in [2.75, 3.05) is 25.0 Å². The first-order valence-corrected chi connectivity index (χ1v) is 8.22. The van der Waals surface area contributed by atoms with Gasteiger partial charge in [0.25, 0.3) is 0 Å². The van der Waals surface area contributed by atoms with Gasteiger partial charge in [0.15, 0.2) is 0 Å². The van der Waals surface area contributed by atoms with E-state index in [1.165, 1.54) is 12.8 Å². The Morgan fingerprint density at radius 1 is 1.16 bits per heavy atom. The Morgan fingerprint density at radius 3 is 2.47 bits per heavy atom. The first kappa shape index (κ1) is 14.9. The minimum absolute atomic E-state index is 0.191. The molecule has 1 saturated heterocycles. The summed E-state index contributed by atoms with van der Waals surface area (Å²) in [5.41, 5.74) is 0.950. The first-order chi connectivity index (χ1) is 9.16. The average Bonchev–Trinajstić information content (AvgIpc) is 2.66. The second-order valence-electron chi connectivity index (χ2n) is 4.77. The topological polar surface area (TPSA) is 32.3 Å². The molecule has 0 spiro atoms. The van der Waals surface area contributed by atoms with Crippen molar-refractivity contribution in [3.63, 3.8) is 0 Å². The molecule has 2 rings (SSSR count). The molecule has 1 aliphatic rings. The predicted molar refractivity (Wildman–Crippen MR) is 85.4 cm³/mol. The highest BCUT2D eigenvalue weighted by Crippen LogP contribution is 2.26. The largest absolute Gasteiger partial charge is 0.375 e. The van der Waals surface area contributed by atoms with Gasteiger partial charge in [-0.05, 0) is 47.0 Å². The third-order valence-electron chi connectivity index (χ3n) is 3.32. The van der Waals surface area contributed by atoms with Crippen molar-refractivity contribution in [1.29, 1.82) is 0 Å². The molecule has 0 unspecified atom stereocenters. The molecule has 1 aromatic rings. The monoisotopic (exact) mass is 388 g/mol. The van der Waals surface area contributed by atoms with Gasteiger partial charge in [0, 0.05) is 27.7 Å². The highest BCUT2D eigenvalue weighted by Gasteiger charge is 2.15. The zero-order valence-electron chi connectivity index (χ0n) is 10.8. The van der Waals surface area contributed by atoms with Gasteiger partial charge in [0.1, 0.15) is 0 Å². The lowest BCUT2D eigenvalue weighted by Crippen LogP contribution is -2.36. The molecule has 3 nitrogen and oxygen atoms in total. The van der Waals surface area contributed by atoms with Crippen LogP contribution >= 0.6 is 31.9 Å². The van der Waals surface area contributed by atoms with Gasteiger partial charge in [-0.2, -0.15) is 0 Å². The standard InChI is InChI=1S/C14H18Br2N2O/c15-11-5-6-13(12(16)9-11)17-10-14(19)18-7-3-1-2-4-8-18/h5-6,9,17H,1-4,7-8,10H2. The summed E-state index contributed by atoms with van der Waals surface area (Å²) in [6.07, 6.45) is 4.76. The quantitative estimate of drug-likeness (QED) is 0.846. The van der Waals surface area contributed by atoms with E-state index in [0.717, 1.165) is 40.6 Å². The Labute approximate surface area is 131 Å². The van der Waals surface area contributed by atoms with Crippen molar-refractivity contribution in [2.45, 2.75) is 25.7 Å². The smallest absolute Gasteiger partial charge is 0.241 e. The molecule has 1 aliphatic heterocycles. The van der Waals surface area contributed by atoms with E-state index in [0.29, 0.717) is 6.54 Å². The number of rotatable bonds is 3. The number of carbonyl (C=O) groups is 1. The van der Waals surface area contributed by atoms with Crippen LogP contribution in [0.2, 0.25) is 0 Å². The first-order valence-electron chi connectivity index (χ1n) is 6.63. The van der Waals surface area contributed by atoms with Gasteiger partial charge in [0.05, 0.1) is 6.54 Å². The molecule has 19 heavy (non-hydrogen) atoms. The van der Waals surface area contributed by atoms with Crippen molar-refractivity contribution < 1.29 is 4.79 Å². The van der Waals surface area contributed by atoms with E-state index in [2.05, 4.69) is 37.2 Å². The van der Waals surface area contributed by atoms with Crippen LogP contribution in [0.3, 0.4) is 0 Å². The summed E-state index contributed by atoms with van der Waals surface area (Å²) in [7, 11) is 0. The number of nitrogens with one attached hydrogen (secondary N) is 1. The molecule has 0 radical (unpaired) electrons. The van der Waals surface area contributed by atoms with Gasteiger partial charge >= 0.3 is 0 Å². The summed E-state index contributed by atoms with van der Waals surface area (Å²) in [6, 6.07) is 5.89. The zero-order chi connectivity index (χ0) is 13.7. The Morgan fingerprint density at radius 2 is 1.84 bits per heavy atom. The number of likely N-dealkylation sites (tertiary alicyclic amines) is 1. The van der Waals surface area contributed by atoms with Crippen LogP contribution in [0, 0.1) is 0 Å². The molecule has 0 saturated carbocycles. The van der Waals surface area contributed by atoms with Crippen LogP contribution in [-0.4, -0.2) is 30.4 Å². The second kappa shape index (κ2) is 7.29. The molecule has 0 atom stereocenters. The van der Waals surface area contributed by atoms with Crippen molar-refractivity contribution in [2.24, 2.45) is 0 Å². The number of anilines is 1. The molecule has 1 heterocycles. The highest BCUT2D eigenvalue weighted by molar-refractivity contribution is 9.11. The minimum Gasteiger partial charge on any atom is -0.375 e. The van der Waals surface area contributed by atoms with E-state index in [9.17, 15) is 4.79 Å². The van der Waals surface area contributed by atoms with Crippen LogP contribution in [-0.2, 0) is 4.79 Å². The van der Waals surface area contributed by atoms with Gasteiger partial charge in [0.2, 0.25) is 5.91 Å². The number of carbonyl (C=O) groups excluding carboxylic acids is 1. The summed E-state index contributed by atoms with van der Waals surface area (Å²) >= 11 is 6.90. The molecule has 104 valence electrons. The number of hydrogen-bond donors (Lipinski definition) is 1. The fourth-order valence-corrected chi connectivity index (χ4v) is 3.42. The fourth-order valence-electron chi connectivity index (χ4n) is 2.24. The van der Waals surface area contributed by atoms with Gasteiger partial charge in [-0.1, -0.05) is 28.8 Å². The zero-order valence-corrected chi connectivity index (χ0v) is 14.0. The highest BCUT2D eigenvalue weighted by atomic mass is 79.9. The normalized spacial score (nSPS) is 16.0. The molecule has 0 bridgehead atoms. The number of halogens is 2. The van der Waals surface area contributed by atoms with E-state index in [-0.39, 0.29) is 5.91 Å². The van der Waals surface area contributed by atoms with Crippen LogP contribution in [0.15, 0.2) is 27.1 Å². The van der Waals surface area contributed by atoms with Crippen LogP contribution in [0.25, 0.3) is 0 Å². The third-order valence-corrected chi connectivity index (χ3v) is 4.47. The molecular weight excluding hydrogens is 372 g/mol. The summed E-state index contributed by atoms with van der Waals surface area (Å²) in [5.74, 6) is 0.191. The van der Waals surface area contributed by atoms with Crippen LogP contribution in [0.1, 0.15) is 25.7 Å². The molecule has 5 heteroatoms. The van der Waals surface area contributed by atoms with Crippen molar-refractivity contribution in [3.05, 3.63) is 27.1 Å². The third kappa shape index (κ3) is 4.49. The summed E-state index contributed by atoms with van der Waals surface area (Å²) < 4.78 is 1.98. The molecular formula is C14H18Br2N2O. The Hall–Kier alpha value is -0.550. The van der Waals surface area contributed by atoms with Crippen LogP contribution in [0.5, 0.6) is 0 Å². The molecule has 1 fully saturated rings. The van der Waals surface area contributed by atoms with E-state index in [1.54, 1.807) is 0 Å². The van der Waals surface area contributed by atoms with E-state index < -0.39 is 0 Å². The number of nitrogens with zero attached hydrogens (tertiary/aromatic N) is 1. The molecule has 0 aromatic heterocycles.